The number of hydrogen-bond acceptors (Lipinski definition) is 7. The fourth-order valence-electron chi connectivity index (χ4n) is 15.3. The molecule has 9 aliphatic rings. The number of piperidine rings is 1. The van der Waals surface area contributed by atoms with Crippen molar-refractivity contribution in [1.29, 1.82) is 0 Å². The second kappa shape index (κ2) is 17.4. The first-order valence-electron chi connectivity index (χ1n) is 24.6. The minimum absolute atomic E-state index is 0.0138. The van der Waals surface area contributed by atoms with E-state index in [0.717, 1.165) is 109 Å². The molecule has 330 valence electrons. The number of fused-ring (bicyclic) bond motifs is 3. The molecule has 4 saturated carbocycles. The van der Waals surface area contributed by atoms with Crippen LogP contribution in [0.15, 0.2) is 11.3 Å². The Labute approximate surface area is 355 Å². The Hall–Kier alpha value is -1.79. The van der Waals surface area contributed by atoms with Crippen LogP contribution in [-0.2, 0) is 28.6 Å². The van der Waals surface area contributed by atoms with E-state index >= 15 is 4.79 Å². The van der Waals surface area contributed by atoms with Crippen molar-refractivity contribution in [3.05, 3.63) is 11.3 Å². The van der Waals surface area contributed by atoms with Gasteiger partial charge in [0.15, 0.2) is 5.60 Å². The van der Waals surface area contributed by atoms with Gasteiger partial charge in [-0.05, 0) is 118 Å². The van der Waals surface area contributed by atoms with Crippen molar-refractivity contribution in [3.8, 4) is 0 Å². The molecule has 0 radical (unpaired) electrons. The van der Waals surface area contributed by atoms with Gasteiger partial charge in [0.05, 0.1) is 51.5 Å². The lowest BCUT2D eigenvalue weighted by Crippen LogP contribution is -2.60. The minimum atomic E-state index is -2.14. The summed E-state index contributed by atoms with van der Waals surface area (Å²) in [5.41, 5.74) is 2.17. The topological polar surface area (TPSA) is 109 Å². The fourth-order valence-corrected chi connectivity index (χ4v) is 20.4. The lowest BCUT2D eigenvalue weighted by molar-refractivity contribution is -0.167. The van der Waals surface area contributed by atoms with E-state index in [1.165, 1.54) is 43.4 Å². The number of methoxy groups -OCH3 is 1. The maximum atomic E-state index is 15.7. The van der Waals surface area contributed by atoms with Crippen LogP contribution in [0.4, 0.5) is 0 Å². The number of allylic oxidation sites excluding steroid dienone is 1. The molecule has 6 unspecified atom stereocenters. The lowest BCUT2D eigenvalue weighted by Gasteiger charge is -2.49. The van der Waals surface area contributed by atoms with Gasteiger partial charge in [-0.15, -0.1) is 0 Å². The Morgan fingerprint density at radius 1 is 0.881 bits per heavy atom. The largest absolute Gasteiger partial charge is 0.394 e. The standard InChI is InChI=1S/C48H77N3O7Si/c1-31-46(59(3,4)38-22-20-37(56-2)21-23-38)43(26-44(53)49-28-34-14-6-5-13-33(34)25-36(49)29-52)58-48(31)39-16-7-8-17-40(39)50(47(48)55)27-32-12-11-15-35(24-32)51-41-18-9-10-19-42(41)57-30-45(51)54/h31-38,41-43,46,52H,5-30H2,1-4H3/t31-,32?,33?,34?,35?,36+,37?,38?,41?,42?,43+,46-,48+/m1/s1. The van der Waals surface area contributed by atoms with E-state index in [1.807, 2.05) is 12.0 Å². The van der Waals surface area contributed by atoms with Gasteiger partial charge in [-0.25, -0.2) is 0 Å². The molecule has 4 heterocycles. The molecular formula is C48H77N3O7Si. The molecule has 0 aromatic rings. The maximum absolute atomic E-state index is 15.7. The third-order valence-electron chi connectivity index (χ3n) is 18.4. The summed E-state index contributed by atoms with van der Waals surface area (Å²) in [6, 6.07) is 0.279. The predicted octanol–water partition coefficient (Wildman–Crippen LogP) is 7.99. The molecule has 1 N–H and O–H groups in total. The van der Waals surface area contributed by atoms with Gasteiger partial charge in [0, 0.05) is 37.9 Å². The zero-order chi connectivity index (χ0) is 41.1. The van der Waals surface area contributed by atoms with Gasteiger partial charge in [0.2, 0.25) is 11.8 Å². The second-order valence-corrected chi connectivity index (χ2v) is 26.7. The number of morpholine rings is 1. The van der Waals surface area contributed by atoms with Gasteiger partial charge in [0.25, 0.3) is 5.91 Å². The molecule has 9 rings (SSSR count). The molecule has 59 heavy (non-hydrogen) atoms. The first-order valence-corrected chi connectivity index (χ1v) is 27.8. The molecule has 1 spiro atoms. The molecule has 4 aliphatic heterocycles. The third kappa shape index (κ3) is 7.62. The van der Waals surface area contributed by atoms with Crippen molar-refractivity contribution in [2.24, 2.45) is 23.7 Å². The number of hydrogen-bond donors (Lipinski definition) is 1. The van der Waals surface area contributed by atoms with Gasteiger partial charge < -0.3 is 34.0 Å². The van der Waals surface area contributed by atoms with Crippen molar-refractivity contribution in [2.45, 2.75) is 214 Å². The van der Waals surface area contributed by atoms with E-state index < -0.39 is 13.7 Å². The second-order valence-electron chi connectivity index (χ2n) is 21.6. The number of aliphatic hydroxyl groups is 1. The normalized spacial score (nSPS) is 41.9. The number of nitrogens with zero attached hydrogens (tertiary/aromatic N) is 3. The van der Waals surface area contributed by atoms with Gasteiger partial charge in [-0.2, -0.15) is 0 Å². The lowest BCUT2D eigenvalue weighted by atomic mass is 9.73. The van der Waals surface area contributed by atoms with Crippen molar-refractivity contribution in [2.75, 3.05) is 33.4 Å². The van der Waals surface area contributed by atoms with Gasteiger partial charge in [-0.1, -0.05) is 71.4 Å². The highest BCUT2D eigenvalue weighted by Gasteiger charge is 2.68. The smallest absolute Gasteiger partial charge is 0.263 e. The van der Waals surface area contributed by atoms with Crippen LogP contribution in [0, 0.1) is 23.7 Å². The van der Waals surface area contributed by atoms with Crippen molar-refractivity contribution >= 4 is 25.8 Å². The number of rotatable bonds is 9. The van der Waals surface area contributed by atoms with E-state index in [4.69, 9.17) is 14.2 Å². The molecule has 7 fully saturated rings. The summed E-state index contributed by atoms with van der Waals surface area (Å²) >= 11 is 0. The highest BCUT2D eigenvalue weighted by Crippen LogP contribution is 2.62. The molecule has 0 bridgehead atoms. The first kappa shape index (κ1) is 42.5. The van der Waals surface area contributed by atoms with Crippen LogP contribution >= 0.6 is 0 Å². The summed E-state index contributed by atoms with van der Waals surface area (Å²) in [5, 5.41) is 10.6. The zero-order valence-electron chi connectivity index (χ0n) is 37.1. The third-order valence-corrected chi connectivity index (χ3v) is 23.6. The van der Waals surface area contributed by atoms with Crippen LogP contribution in [0.3, 0.4) is 0 Å². The van der Waals surface area contributed by atoms with E-state index in [-0.39, 0.29) is 72.7 Å². The Balaban J connectivity index is 0.995. The van der Waals surface area contributed by atoms with Crippen LogP contribution < -0.4 is 0 Å². The van der Waals surface area contributed by atoms with E-state index in [2.05, 4.69) is 29.8 Å². The highest BCUT2D eigenvalue weighted by molar-refractivity contribution is 6.80. The van der Waals surface area contributed by atoms with Crippen LogP contribution in [0.2, 0.25) is 24.2 Å². The van der Waals surface area contributed by atoms with E-state index in [1.54, 1.807) is 0 Å². The first-order chi connectivity index (χ1) is 28.5. The van der Waals surface area contributed by atoms with E-state index in [9.17, 15) is 14.7 Å². The Kier molecular flexibility index (Phi) is 12.5. The number of likely N-dealkylation sites (tertiary alicyclic amines) is 1. The monoisotopic (exact) mass is 836 g/mol. The quantitative estimate of drug-likeness (QED) is 0.235. The molecule has 0 aromatic heterocycles. The maximum Gasteiger partial charge on any atom is 0.263 e. The van der Waals surface area contributed by atoms with E-state index in [0.29, 0.717) is 42.4 Å². The van der Waals surface area contributed by atoms with Crippen LogP contribution in [0.1, 0.15) is 148 Å². The molecule has 11 heteroatoms. The molecule has 3 amide bonds. The molecular weight excluding hydrogens is 759 g/mol. The van der Waals surface area contributed by atoms with Gasteiger partial charge >= 0.3 is 0 Å². The van der Waals surface area contributed by atoms with Crippen LogP contribution in [0.25, 0.3) is 0 Å². The highest BCUT2D eigenvalue weighted by atomic mass is 28.3. The SMILES string of the molecule is COC1CCC([Si](C)(C)[C@H]2[C@H](CC(=O)N3CC4CCCCC4C[C@H]3CO)O[C@@]3(C(=O)N(CC4CCCC(N5C(=O)COC6CCCCC65)C4)C4=C3CCCC4)[C@@H]2C)CC1. The molecule has 11 atom stereocenters. The van der Waals surface area contributed by atoms with Crippen molar-refractivity contribution < 1.29 is 33.7 Å². The number of carbonyl (C=O) groups excluding carboxylic acids is 3. The van der Waals surface area contributed by atoms with Crippen molar-refractivity contribution in [3.63, 3.8) is 0 Å². The number of carbonyl (C=O) groups is 3. The molecule has 0 aromatic carbocycles. The predicted molar refractivity (Wildman–Crippen MR) is 230 cm³/mol. The Morgan fingerprint density at radius 2 is 1.63 bits per heavy atom. The summed E-state index contributed by atoms with van der Waals surface area (Å²) in [5.74, 6) is 1.84. The number of ether oxygens (including phenoxy) is 3. The average molecular weight is 836 g/mol. The number of amides is 3. The van der Waals surface area contributed by atoms with Crippen LogP contribution in [0.5, 0.6) is 0 Å². The van der Waals surface area contributed by atoms with Gasteiger partial charge in [-0.3, -0.25) is 14.4 Å². The fraction of sp³-hybridized carbons (Fsp3) is 0.896. The Morgan fingerprint density at radius 3 is 2.41 bits per heavy atom. The minimum Gasteiger partial charge on any atom is -0.394 e. The molecule has 5 aliphatic carbocycles. The van der Waals surface area contributed by atoms with Crippen LogP contribution in [-0.4, -0.2) is 121 Å². The zero-order valence-corrected chi connectivity index (χ0v) is 38.1. The Bertz CT molecular complexity index is 1600. The van der Waals surface area contributed by atoms with Gasteiger partial charge in [0.1, 0.15) is 6.61 Å². The summed E-state index contributed by atoms with van der Waals surface area (Å²) in [6.45, 7) is 9.10. The summed E-state index contributed by atoms with van der Waals surface area (Å²) in [7, 11) is -0.299. The molecule has 10 nitrogen and oxygen atoms in total. The summed E-state index contributed by atoms with van der Waals surface area (Å²) in [4.78, 5) is 50.4. The summed E-state index contributed by atoms with van der Waals surface area (Å²) < 4.78 is 19.5. The number of aliphatic hydroxyl groups excluding tert-OH is 1. The van der Waals surface area contributed by atoms with Crippen molar-refractivity contribution in [1.82, 2.24) is 14.7 Å². The average Bonchev–Trinajstić information content (AvgIpc) is 3.68. The summed E-state index contributed by atoms with van der Waals surface area (Å²) in [6.07, 6.45) is 23.2. The molecule has 3 saturated heterocycles.